The molecule has 1 unspecified atom stereocenters. The lowest BCUT2D eigenvalue weighted by molar-refractivity contribution is -0.141. The van der Waals surface area contributed by atoms with Crippen molar-refractivity contribution in [2.45, 2.75) is 57.2 Å². The maximum atomic E-state index is 13.5. The van der Waals surface area contributed by atoms with Gasteiger partial charge >= 0.3 is 6.18 Å². The number of fused-ring (bicyclic) bond motifs is 1. The normalized spacial score (nSPS) is 20.6. The molecular weight excluding hydrogens is 461 g/mol. The number of nitrogens with zero attached hydrogens (tertiary/aromatic N) is 6. The first-order valence-corrected chi connectivity index (χ1v) is 11.4. The number of aliphatic hydroxyl groups is 1. The Morgan fingerprint density at radius 3 is 2.67 bits per heavy atom. The van der Waals surface area contributed by atoms with Crippen molar-refractivity contribution in [3.05, 3.63) is 23.5 Å². The Hall–Kier alpha value is -2.37. The predicted octanol–water partition coefficient (Wildman–Crippen LogP) is 4.17. The van der Waals surface area contributed by atoms with Crippen LogP contribution in [0.5, 0.6) is 0 Å². The van der Waals surface area contributed by atoms with Gasteiger partial charge < -0.3 is 14.7 Å². The third-order valence-electron chi connectivity index (χ3n) is 6.12. The van der Waals surface area contributed by atoms with Crippen molar-refractivity contribution in [2.75, 3.05) is 24.6 Å². The molecule has 178 valence electrons. The summed E-state index contributed by atoms with van der Waals surface area (Å²) in [6.07, 6.45) is 0.108. The smallest absolute Gasteiger partial charge is 0.393 e. The quantitative estimate of drug-likeness (QED) is 0.560. The van der Waals surface area contributed by atoms with E-state index in [-0.39, 0.29) is 28.1 Å². The Morgan fingerprint density at radius 2 is 1.97 bits per heavy atom. The van der Waals surface area contributed by atoms with Crippen LogP contribution in [-0.2, 0) is 11.3 Å². The lowest BCUT2D eigenvalue weighted by Crippen LogP contribution is -2.36. The second kappa shape index (κ2) is 8.77. The second-order valence-electron chi connectivity index (χ2n) is 8.48. The van der Waals surface area contributed by atoms with Crippen molar-refractivity contribution in [3.63, 3.8) is 0 Å². The monoisotopic (exact) mass is 484 g/mol. The van der Waals surface area contributed by atoms with Crippen molar-refractivity contribution in [2.24, 2.45) is 0 Å². The van der Waals surface area contributed by atoms with E-state index < -0.39 is 18.8 Å². The Balaban J connectivity index is 1.67. The van der Waals surface area contributed by atoms with Gasteiger partial charge in [0.2, 0.25) is 0 Å². The molecule has 0 radical (unpaired) electrons. The van der Waals surface area contributed by atoms with Crippen molar-refractivity contribution in [3.8, 4) is 11.4 Å². The van der Waals surface area contributed by atoms with Crippen LogP contribution >= 0.6 is 11.6 Å². The largest absolute Gasteiger partial charge is 0.408 e. The third kappa shape index (κ3) is 4.53. The molecule has 2 saturated heterocycles. The third-order valence-corrected chi connectivity index (χ3v) is 6.31. The molecule has 0 bridgehead atoms. The number of piperidine rings is 1. The summed E-state index contributed by atoms with van der Waals surface area (Å²) in [6, 6.07) is 3.28. The highest BCUT2D eigenvalue weighted by molar-refractivity contribution is 6.30. The van der Waals surface area contributed by atoms with Crippen LogP contribution in [0.2, 0.25) is 5.15 Å². The second-order valence-corrected chi connectivity index (χ2v) is 8.87. The van der Waals surface area contributed by atoms with E-state index in [0.29, 0.717) is 43.9 Å². The van der Waals surface area contributed by atoms with Gasteiger partial charge in [-0.05, 0) is 38.2 Å². The van der Waals surface area contributed by atoms with Gasteiger partial charge in [0.15, 0.2) is 6.23 Å². The molecule has 3 aromatic heterocycles. The van der Waals surface area contributed by atoms with E-state index in [1.807, 2.05) is 4.90 Å². The topological polar surface area (TPSA) is 81.2 Å². The van der Waals surface area contributed by atoms with E-state index in [9.17, 15) is 18.3 Å². The fourth-order valence-corrected chi connectivity index (χ4v) is 4.77. The van der Waals surface area contributed by atoms with Gasteiger partial charge in [0.05, 0.1) is 17.5 Å². The summed E-state index contributed by atoms with van der Waals surface area (Å²) in [6.45, 7) is 0.334. The number of aliphatic hydroxyl groups excluding tert-OH is 1. The average Bonchev–Trinajstić information content (AvgIpc) is 3.38. The lowest BCUT2D eigenvalue weighted by Gasteiger charge is -2.32. The van der Waals surface area contributed by atoms with Crippen LogP contribution in [0.1, 0.15) is 38.3 Å². The van der Waals surface area contributed by atoms with Gasteiger partial charge in [-0.1, -0.05) is 11.6 Å². The molecule has 2 aliphatic rings. The lowest BCUT2D eigenvalue weighted by atomic mass is 10.1. The van der Waals surface area contributed by atoms with Gasteiger partial charge in [-0.3, -0.25) is 4.68 Å². The summed E-state index contributed by atoms with van der Waals surface area (Å²) in [5.41, 5.74) is 1.88. The van der Waals surface area contributed by atoms with Gasteiger partial charge in [0, 0.05) is 32.0 Å². The summed E-state index contributed by atoms with van der Waals surface area (Å²) >= 11 is 6.34. The van der Waals surface area contributed by atoms with Crippen molar-refractivity contribution < 1.29 is 23.0 Å². The number of alkyl halides is 3. The number of halogens is 4. The molecule has 5 heterocycles. The summed E-state index contributed by atoms with van der Waals surface area (Å²) in [7, 11) is 0. The maximum Gasteiger partial charge on any atom is 0.408 e. The SMILES string of the molecule is OC1CCN(c2cc(Cl)nc3c(-c4ccnn4C4CCCCO4)nn(CC(F)(F)F)c23)CC1. The van der Waals surface area contributed by atoms with Gasteiger partial charge in [-0.25, -0.2) is 9.67 Å². The predicted molar refractivity (Wildman–Crippen MR) is 116 cm³/mol. The fourth-order valence-electron chi connectivity index (χ4n) is 4.58. The van der Waals surface area contributed by atoms with Gasteiger partial charge in [-0.15, -0.1) is 0 Å². The molecule has 33 heavy (non-hydrogen) atoms. The van der Waals surface area contributed by atoms with Crippen LogP contribution in [0.15, 0.2) is 18.3 Å². The molecule has 0 saturated carbocycles. The van der Waals surface area contributed by atoms with Crippen LogP contribution < -0.4 is 4.90 Å². The van der Waals surface area contributed by atoms with Gasteiger partial charge in [0.1, 0.15) is 28.4 Å². The zero-order valence-corrected chi connectivity index (χ0v) is 18.6. The zero-order valence-electron chi connectivity index (χ0n) is 17.8. The first-order valence-electron chi connectivity index (χ1n) is 11.0. The van der Waals surface area contributed by atoms with E-state index >= 15 is 0 Å². The van der Waals surface area contributed by atoms with E-state index in [1.165, 1.54) is 0 Å². The first-order chi connectivity index (χ1) is 15.8. The minimum atomic E-state index is -4.47. The number of anilines is 1. The van der Waals surface area contributed by atoms with E-state index in [2.05, 4.69) is 15.2 Å². The molecule has 0 spiro atoms. The number of aromatic nitrogens is 5. The van der Waals surface area contributed by atoms with Crippen molar-refractivity contribution >= 4 is 28.3 Å². The number of hydrogen-bond donors (Lipinski definition) is 1. The van der Waals surface area contributed by atoms with Crippen LogP contribution in [0.25, 0.3) is 22.4 Å². The number of pyridine rings is 1. The molecule has 0 aromatic carbocycles. The number of ether oxygens (including phenoxy) is 1. The minimum Gasteiger partial charge on any atom is -0.393 e. The molecule has 5 rings (SSSR count). The van der Waals surface area contributed by atoms with E-state index in [0.717, 1.165) is 23.9 Å². The van der Waals surface area contributed by atoms with Gasteiger partial charge in [0.25, 0.3) is 0 Å². The number of hydrogen-bond acceptors (Lipinski definition) is 6. The van der Waals surface area contributed by atoms with Crippen LogP contribution in [0, 0.1) is 0 Å². The molecule has 12 heteroatoms. The molecule has 1 N–H and O–H groups in total. The van der Waals surface area contributed by atoms with Crippen LogP contribution in [-0.4, -0.2) is 61.6 Å². The van der Waals surface area contributed by atoms with E-state index in [4.69, 9.17) is 16.3 Å². The van der Waals surface area contributed by atoms with Crippen molar-refractivity contribution in [1.82, 2.24) is 24.5 Å². The number of rotatable bonds is 4. The first kappa shape index (κ1) is 22.4. The summed E-state index contributed by atoms with van der Waals surface area (Å²) in [5, 5.41) is 18.8. The zero-order chi connectivity index (χ0) is 23.2. The molecule has 8 nitrogen and oxygen atoms in total. The molecule has 0 amide bonds. The standard InChI is InChI=1S/C21H24ClF3N6O2/c22-16-11-15(29-8-5-13(32)6-9-29)20-19(27-16)18(28-30(20)12-21(23,24)25)14-4-7-26-31(14)17-3-1-2-10-33-17/h4,7,11,13,17,32H,1-3,5-6,8-10,12H2. The Morgan fingerprint density at radius 1 is 1.18 bits per heavy atom. The summed E-state index contributed by atoms with van der Waals surface area (Å²) in [5.74, 6) is 0. The molecule has 2 fully saturated rings. The van der Waals surface area contributed by atoms with E-state index in [1.54, 1.807) is 23.0 Å². The Labute approximate surface area is 192 Å². The average molecular weight is 485 g/mol. The summed E-state index contributed by atoms with van der Waals surface area (Å²) in [4.78, 5) is 6.33. The van der Waals surface area contributed by atoms with Crippen molar-refractivity contribution in [1.29, 1.82) is 0 Å². The summed E-state index contributed by atoms with van der Waals surface area (Å²) < 4.78 is 49.0. The molecule has 2 aliphatic heterocycles. The van der Waals surface area contributed by atoms with Crippen LogP contribution in [0.4, 0.5) is 18.9 Å². The molecule has 0 aliphatic carbocycles. The molecule has 1 atom stereocenters. The highest BCUT2D eigenvalue weighted by Crippen LogP contribution is 2.38. The fraction of sp³-hybridized carbons (Fsp3) is 0.571. The Kier molecular flexibility index (Phi) is 5.96. The minimum absolute atomic E-state index is 0.163. The highest BCUT2D eigenvalue weighted by atomic mass is 35.5. The van der Waals surface area contributed by atoms with Crippen LogP contribution in [0.3, 0.4) is 0 Å². The molecular formula is C21H24ClF3N6O2. The maximum absolute atomic E-state index is 13.5. The Bertz CT molecular complexity index is 1130. The molecule has 3 aromatic rings. The van der Waals surface area contributed by atoms with Gasteiger partial charge in [-0.2, -0.15) is 23.4 Å². The highest BCUT2D eigenvalue weighted by Gasteiger charge is 2.33.